The highest BCUT2D eigenvalue weighted by molar-refractivity contribution is 9.10. The Balaban J connectivity index is 1.71. The molecule has 4 rings (SSSR count). The zero-order valence-corrected chi connectivity index (χ0v) is 16.1. The number of hydrogen-bond acceptors (Lipinski definition) is 2. The Kier molecular flexibility index (Phi) is 3.84. The third-order valence-electron chi connectivity index (χ3n) is 4.50. The summed E-state index contributed by atoms with van der Waals surface area (Å²) in [6.45, 7) is 6.67. The molecule has 0 aliphatic carbocycles. The van der Waals surface area contributed by atoms with Crippen LogP contribution in [0.25, 0.3) is 21.9 Å². The molecule has 0 bridgehead atoms. The molecular formula is C22H20BrNO. The van der Waals surface area contributed by atoms with E-state index in [4.69, 9.17) is 4.42 Å². The zero-order valence-electron chi connectivity index (χ0n) is 14.6. The fourth-order valence-corrected chi connectivity index (χ4v) is 3.49. The number of benzene rings is 3. The maximum Gasteiger partial charge on any atom is 0.137 e. The van der Waals surface area contributed by atoms with Gasteiger partial charge in [-0.1, -0.05) is 51.1 Å². The average molecular weight is 394 g/mol. The van der Waals surface area contributed by atoms with Crippen molar-refractivity contribution in [3.63, 3.8) is 0 Å². The fourth-order valence-electron chi connectivity index (χ4n) is 3.05. The van der Waals surface area contributed by atoms with Crippen molar-refractivity contribution in [2.24, 2.45) is 0 Å². The Bertz CT molecular complexity index is 1060. The van der Waals surface area contributed by atoms with Gasteiger partial charge < -0.3 is 9.73 Å². The summed E-state index contributed by atoms with van der Waals surface area (Å²) in [5, 5.41) is 5.74. The second-order valence-corrected chi connectivity index (χ2v) is 8.23. The van der Waals surface area contributed by atoms with Crippen molar-refractivity contribution in [1.29, 1.82) is 0 Å². The van der Waals surface area contributed by atoms with E-state index < -0.39 is 0 Å². The Labute approximate surface area is 156 Å². The fraction of sp³-hybridized carbons (Fsp3) is 0.182. The first kappa shape index (κ1) is 16.2. The van der Waals surface area contributed by atoms with Crippen LogP contribution in [0.4, 0.5) is 11.4 Å². The molecule has 0 saturated carbocycles. The Morgan fingerprint density at radius 1 is 0.840 bits per heavy atom. The van der Waals surface area contributed by atoms with Gasteiger partial charge in [0, 0.05) is 27.0 Å². The largest absolute Gasteiger partial charge is 0.456 e. The predicted octanol–water partition coefficient (Wildman–Crippen LogP) is 7.39. The molecule has 0 saturated heterocycles. The molecule has 0 fully saturated rings. The van der Waals surface area contributed by atoms with Crippen molar-refractivity contribution in [1.82, 2.24) is 0 Å². The number of nitrogens with one attached hydrogen (secondary N) is 1. The minimum atomic E-state index is 0.159. The van der Waals surface area contributed by atoms with Crippen LogP contribution in [0.5, 0.6) is 0 Å². The van der Waals surface area contributed by atoms with Crippen LogP contribution < -0.4 is 5.32 Å². The van der Waals surface area contributed by atoms with Crippen LogP contribution in [0, 0.1) is 0 Å². The van der Waals surface area contributed by atoms with Crippen LogP contribution in [0.15, 0.2) is 69.6 Å². The Morgan fingerprint density at radius 3 is 2.28 bits per heavy atom. The van der Waals surface area contributed by atoms with Crippen molar-refractivity contribution < 1.29 is 4.42 Å². The lowest BCUT2D eigenvalue weighted by atomic mass is 9.87. The molecule has 1 N–H and O–H groups in total. The van der Waals surface area contributed by atoms with Gasteiger partial charge in [-0.3, -0.25) is 0 Å². The molecule has 0 unspecified atom stereocenters. The van der Waals surface area contributed by atoms with Crippen molar-refractivity contribution >= 4 is 49.2 Å². The molecule has 0 radical (unpaired) electrons. The van der Waals surface area contributed by atoms with E-state index in [1.165, 1.54) is 5.56 Å². The van der Waals surface area contributed by atoms with Gasteiger partial charge >= 0.3 is 0 Å². The van der Waals surface area contributed by atoms with Crippen molar-refractivity contribution in [3.05, 3.63) is 70.7 Å². The van der Waals surface area contributed by atoms with Gasteiger partial charge in [-0.25, -0.2) is 0 Å². The minimum Gasteiger partial charge on any atom is -0.456 e. The molecule has 3 aromatic carbocycles. The van der Waals surface area contributed by atoms with Crippen molar-refractivity contribution in [3.8, 4) is 0 Å². The standard InChI is InChI=1S/C22H20BrNO/c1-22(2,3)14-8-10-15(11-9-14)24-19-13-21-17(12-18(19)23)16-6-4-5-7-20(16)25-21/h4-13,24H,1-3H3. The van der Waals surface area contributed by atoms with Gasteiger partial charge in [0.25, 0.3) is 0 Å². The highest BCUT2D eigenvalue weighted by atomic mass is 79.9. The molecule has 2 nitrogen and oxygen atoms in total. The first-order valence-electron chi connectivity index (χ1n) is 8.40. The highest BCUT2D eigenvalue weighted by Gasteiger charge is 2.14. The molecule has 0 amide bonds. The van der Waals surface area contributed by atoms with Gasteiger partial charge in [-0.15, -0.1) is 0 Å². The molecule has 1 heterocycles. The minimum absolute atomic E-state index is 0.159. The van der Waals surface area contributed by atoms with Crippen LogP contribution >= 0.6 is 15.9 Å². The van der Waals surface area contributed by atoms with Crippen LogP contribution in [-0.4, -0.2) is 0 Å². The topological polar surface area (TPSA) is 25.2 Å². The van der Waals surface area contributed by atoms with Crippen LogP contribution in [0.1, 0.15) is 26.3 Å². The molecule has 4 aromatic rings. The van der Waals surface area contributed by atoms with Gasteiger partial charge in [0.2, 0.25) is 0 Å². The van der Waals surface area contributed by atoms with E-state index in [0.717, 1.165) is 37.8 Å². The third kappa shape index (κ3) is 3.05. The lowest BCUT2D eigenvalue weighted by Gasteiger charge is -2.19. The number of hydrogen-bond donors (Lipinski definition) is 1. The monoisotopic (exact) mass is 393 g/mol. The van der Waals surface area contributed by atoms with E-state index in [2.05, 4.69) is 84.5 Å². The van der Waals surface area contributed by atoms with Crippen LogP contribution in [-0.2, 0) is 5.41 Å². The summed E-state index contributed by atoms with van der Waals surface area (Å²) >= 11 is 3.69. The molecule has 126 valence electrons. The van der Waals surface area contributed by atoms with E-state index in [1.54, 1.807) is 0 Å². The van der Waals surface area contributed by atoms with E-state index in [1.807, 2.05) is 18.2 Å². The summed E-state index contributed by atoms with van der Waals surface area (Å²) in [5.74, 6) is 0. The van der Waals surface area contributed by atoms with E-state index in [9.17, 15) is 0 Å². The summed E-state index contributed by atoms with van der Waals surface area (Å²) in [6.07, 6.45) is 0. The van der Waals surface area contributed by atoms with E-state index >= 15 is 0 Å². The van der Waals surface area contributed by atoms with Crippen molar-refractivity contribution in [2.75, 3.05) is 5.32 Å². The highest BCUT2D eigenvalue weighted by Crippen LogP contribution is 2.36. The van der Waals surface area contributed by atoms with E-state index in [0.29, 0.717) is 0 Å². The summed E-state index contributed by atoms with van der Waals surface area (Å²) in [6, 6.07) is 20.9. The zero-order chi connectivity index (χ0) is 17.6. The SMILES string of the molecule is CC(C)(C)c1ccc(Nc2cc3oc4ccccc4c3cc2Br)cc1. The van der Waals surface area contributed by atoms with E-state index in [-0.39, 0.29) is 5.41 Å². The number of anilines is 2. The summed E-state index contributed by atoms with van der Waals surface area (Å²) in [7, 11) is 0. The normalized spacial score (nSPS) is 12.0. The Hall–Kier alpha value is -2.26. The molecular weight excluding hydrogens is 374 g/mol. The van der Waals surface area contributed by atoms with Crippen LogP contribution in [0.2, 0.25) is 0 Å². The van der Waals surface area contributed by atoms with Gasteiger partial charge in [0.15, 0.2) is 0 Å². The van der Waals surface area contributed by atoms with Gasteiger partial charge in [-0.05, 0) is 51.2 Å². The molecule has 25 heavy (non-hydrogen) atoms. The van der Waals surface area contributed by atoms with Crippen LogP contribution in [0.3, 0.4) is 0 Å². The molecule has 3 heteroatoms. The Morgan fingerprint density at radius 2 is 1.56 bits per heavy atom. The molecule has 1 aromatic heterocycles. The predicted molar refractivity (Wildman–Crippen MR) is 110 cm³/mol. The third-order valence-corrected chi connectivity index (χ3v) is 5.15. The lowest BCUT2D eigenvalue weighted by Crippen LogP contribution is -2.10. The number of furan rings is 1. The number of fused-ring (bicyclic) bond motifs is 3. The maximum atomic E-state index is 5.99. The smallest absolute Gasteiger partial charge is 0.137 e. The number of para-hydroxylation sites is 1. The van der Waals surface area contributed by atoms with Gasteiger partial charge in [-0.2, -0.15) is 0 Å². The van der Waals surface area contributed by atoms with Gasteiger partial charge in [0.1, 0.15) is 11.2 Å². The second-order valence-electron chi connectivity index (χ2n) is 7.38. The number of halogens is 1. The summed E-state index contributed by atoms with van der Waals surface area (Å²) in [4.78, 5) is 0. The molecule has 0 aliphatic heterocycles. The molecule has 0 spiro atoms. The first-order valence-corrected chi connectivity index (χ1v) is 9.19. The lowest BCUT2D eigenvalue weighted by molar-refractivity contribution is 0.590. The quantitative estimate of drug-likeness (QED) is 0.383. The first-order chi connectivity index (χ1) is 11.9. The van der Waals surface area contributed by atoms with Crippen molar-refractivity contribution in [2.45, 2.75) is 26.2 Å². The maximum absolute atomic E-state index is 5.99. The average Bonchev–Trinajstić information content (AvgIpc) is 2.92. The summed E-state index contributed by atoms with van der Waals surface area (Å²) < 4.78 is 7.01. The molecule has 0 aliphatic rings. The molecule has 0 atom stereocenters. The second kappa shape index (κ2) is 5.92. The van der Waals surface area contributed by atoms with Gasteiger partial charge in [0.05, 0.1) is 5.69 Å². The number of rotatable bonds is 2. The summed E-state index contributed by atoms with van der Waals surface area (Å²) in [5.41, 5.74) is 5.34.